The van der Waals surface area contributed by atoms with Crippen molar-refractivity contribution in [3.8, 4) is 22.8 Å². The number of rotatable bonds is 5. The molecule has 2 N–H and O–H groups in total. The summed E-state index contributed by atoms with van der Waals surface area (Å²) in [6.45, 7) is 0.326. The molecule has 1 aliphatic carbocycles. The van der Waals surface area contributed by atoms with Crippen LogP contribution in [0.1, 0.15) is 24.0 Å². The maximum absolute atomic E-state index is 16.0. The van der Waals surface area contributed by atoms with E-state index < -0.39 is 11.7 Å². The Morgan fingerprint density at radius 1 is 1.08 bits per heavy atom. The molecule has 0 unspecified atom stereocenters. The number of aromatic amines is 2. The Morgan fingerprint density at radius 2 is 2.00 bits per heavy atom. The Kier molecular flexibility index (Phi) is 5.19. The van der Waals surface area contributed by atoms with Gasteiger partial charge in [-0.05, 0) is 29.7 Å². The van der Waals surface area contributed by atoms with Crippen LogP contribution in [0, 0.1) is 5.82 Å². The first-order valence-electron chi connectivity index (χ1n) is 12.4. The van der Waals surface area contributed by atoms with Gasteiger partial charge in [-0.15, -0.1) is 0 Å². The standard InChI is InChI=1S/C28H22F3N7/c29-23-22-21(13-33-24(23)18-10-16(11-32-12-18)14-38-9-8-28(30,31)15-38)36-37-26(22)27-34-20-7-3-6-19(25(20)35-27)17-4-1-2-5-17/h1,3-7,10-13H,2,8-9,14-15H2,(H,34,35)(H,36,37). The van der Waals surface area contributed by atoms with E-state index in [9.17, 15) is 8.78 Å². The smallest absolute Gasteiger partial charge is 0.261 e. The van der Waals surface area contributed by atoms with Gasteiger partial charge >= 0.3 is 0 Å². The van der Waals surface area contributed by atoms with Gasteiger partial charge in [0.2, 0.25) is 0 Å². The highest BCUT2D eigenvalue weighted by atomic mass is 19.3. The van der Waals surface area contributed by atoms with E-state index in [1.807, 2.05) is 18.2 Å². The van der Waals surface area contributed by atoms with Gasteiger partial charge in [0.1, 0.15) is 11.4 Å². The largest absolute Gasteiger partial charge is 0.337 e. The van der Waals surface area contributed by atoms with Crippen molar-refractivity contribution in [3.63, 3.8) is 0 Å². The number of hydrogen-bond donors (Lipinski definition) is 2. The Morgan fingerprint density at radius 3 is 2.82 bits per heavy atom. The van der Waals surface area contributed by atoms with Gasteiger partial charge in [0.25, 0.3) is 5.92 Å². The highest BCUT2D eigenvalue weighted by molar-refractivity contribution is 5.98. The molecule has 0 bridgehead atoms. The summed E-state index contributed by atoms with van der Waals surface area (Å²) in [7, 11) is 0. The quantitative estimate of drug-likeness (QED) is 0.306. The second kappa shape index (κ2) is 8.63. The summed E-state index contributed by atoms with van der Waals surface area (Å²) in [6, 6.07) is 7.65. The van der Waals surface area contributed by atoms with Crippen molar-refractivity contribution in [2.45, 2.75) is 25.3 Å². The molecule has 0 amide bonds. The first-order chi connectivity index (χ1) is 18.4. The van der Waals surface area contributed by atoms with E-state index >= 15 is 4.39 Å². The van der Waals surface area contributed by atoms with Crippen molar-refractivity contribution in [2.75, 3.05) is 13.1 Å². The van der Waals surface area contributed by atoms with Gasteiger partial charge in [-0.2, -0.15) is 5.10 Å². The fourth-order valence-corrected chi connectivity index (χ4v) is 5.29. The molecule has 1 saturated heterocycles. The number of benzene rings is 1. The van der Waals surface area contributed by atoms with Gasteiger partial charge in [0.15, 0.2) is 11.6 Å². The number of nitrogens with zero attached hydrogens (tertiary/aromatic N) is 5. The van der Waals surface area contributed by atoms with E-state index in [0.29, 0.717) is 41.3 Å². The molecule has 0 radical (unpaired) electrons. The molecule has 190 valence electrons. The lowest BCUT2D eigenvalue weighted by Gasteiger charge is -2.15. The third kappa shape index (κ3) is 3.88. The van der Waals surface area contributed by atoms with Crippen LogP contribution in [0.25, 0.3) is 50.3 Å². The lowest BCUT2D eigenvalue weighted by molar-refractivity contribution is 0.0115. The van der Waals surface area contributed by atoms with Crippen LogP contribution >= 0.6 is 0 Å². The molecule has 5 aromatic rings. The summed E-state index contributed by atoms with van der Waals surface area (Å²) >= 11 is 0. The molecule has 7 nitrogen and oxygen atoms in total. The van der Waals surface area contributed by atoms with Crippen LogP contribution in [0.2, 0.25) is 0 Å². The summed E-state index contributed by atoms with van der Waals surface area (Å²) < 4.78 is 43.3. The van der Waals surface area contributed by atoms with Crippen LogP contribution in [-0.2, 0) is 6.54 Å². The Balaban J connectivity index is 1.28. The van der Waals surface area contributed by atoms with Crippen molar-refractivity contribution in [3.05, 3.63) is 78.0 Å². The van der Waals surface area contributed by atoms with Crippen molar-refractivity contribution in [2.24, 2.45) is 0 Å². The molecular weight excluding hydrogens is 491 g/mol. The van der Waals surface area contributed by atoms with Gasteiger partial charge in [0, 0.05) is 43.0 Å². The first kappa shape index (κ1) is 22.9. The first-order valence-corrected chi connectivity index (χ1v) is 12.4. The number of halogens is 3. The molecule has 38 heavy (non-hydrogen) atoms. The molecule has 7 rings (SSSR count). The number of fused-ring (bicyclic) bond motifs is 2. The van der Waals surface area contributed by atoms with Crippen molar-refractivity contribution >= 4 is 27.5 Å². The summed E-state index contributed by atoms with van der Waals surface area (Å²) in [4.78, 5) is 18.3. The van der Waals surface area contributed by atoms with Crippen molar-refractivity contribution < 1.29 is 13.2 Å². The molecule has 2 aliphatic rings. The van der Waals surface area contributed by atoms with Crippen molar-refractivity contribution in [1.82, 2.24) is 35.0 Å². The number of para-hydroxylation sites is 1. The van der Waals surface area contributed by atoms with Crippen LogP contribution in [0.5, 0.6) is 0 Å². The summed E-state index contributed by atoms with van der Waals surface area (Å²) in [5.41, 5.74) is 5.79. The number of nitrogens with one attached hydrogen (secondary N) is 2. The molecule has 5 heterocycles. The second-order valence-electron chi connectivity index (χ2n) is 9.76. The van der Waals surface area contributed by atoms with Crippen LogP contribution < -0.4 is 0 Å². The van der Waals surface area contributed by atoms with E-state index in [-0.39, 0.29) is 24.0 Å². The molecule has 0 spiro atoms. The van der Waals surface area contributed by atoms with Gasteiger partial charge in [-0.25, -0.2) is 18.2 Å². The van der Waals surface area contributed by atoms with E-state index in [1.165, 1.54) is 12.4 Å². The van der Waals surface area contributed by atoms with Gasteiger partial charge in [-0.3, -0.25) is 20.0 Å². The van der Waals surface area contributed by atoms with E-state index in [4.69, 9.17) is 4.98 Å². The number of aromatic nitrogens is 6. The number of imidazole rings is 1. The molecule has 1 aliphatic heterocycles. The monoisotopic (exact) mass is 513 g/mol. The normalized spacial score (nSPS) is 17.2. The van der Waals surface area contributed by atoms with E-state index in [1.54, 1.807) is 17.2 Å². The maximum atomic E-state index is 16.0. The molecule has 10 heteroatoms. The van der Waals surface area contributed by atoms with Gasteiger partial charge < -0.3 is 4.98 Å². The van der Waals surface area contributed by atoms with Gasteiger partial charge in [0.05, 0.1) is 34.7 Å². The summed E-state index contributed by atoms with van der Waals surface area (Å²) in [5, 5.41) is 7.49. The maximum Gasteiger partial charge on any atom is 0.261 e. The van der Waals surface area contributed by atoms with Crippen LogP contribution in [0.15, 0.2) is 61.1 Å². The van der Waals surface area contributed by atoms with E-state index in [0.717, 1.165) is 28.6 Å². The lowest BCUT2D eigenvalue weighted by Crippen LogP contribution is -2.24. The molecule has 1 fully saturated rings. The predicted octanol–water partition coefficient (Wildman–Crippen LogP) is 5.89. The Hall–Kier alpha value is -4.31. The highest BCUT2D eigenvalue weighted by Crippen LogP contribution is 2.35. The number of hydrogen-bond acceptors (Lipinski definition) is 5. The predicted molar refractivity (Wildman–Crippen MR) is 139 cm³/mol. The number of H-pyrrole nitrogens is 2. The molecular formula is C28H22F3N7. The minimum atomic E-state index is -2.68. The second-order valence-corrected chi connectivity index (χ2v) is 9.76. The van der Waals surface area contributed by atoms with Gasteiger partial charge in [-0.1, -0.05) is 30.4 Å². The molecule has 0 saturated carbocycles. The minimum absolute atomic E-state index is 0.110. The average molecular weight is 514 g/mol. The highest BCUT2D eigenvalue weighted by Gasteiger charge is 2.38. The third-order valence-electron chi connectivity index (χ3n) is 7.09. The van der Waals surface area contributed by atoms with Crippen LogP contribution in [0.3, 0.4) is 0 Å². The summed E-state index contributed by atoms with van der Waals surface area (Å²) in [6.07, 6.45) is 11.7. The number of pyridine rings is 2. The number of alkyl halides is 2. The zero-order valence-corrected chi connectivity index (χ0v) is 20.2. The van der Waals surface area contributed by atoms with E-state index in [2.05, 4.69) is 43.4 Å². The van der Waals surface area contributed by atoms with Crippen molar-refractivity contribution in [1.29, 1.82) is 0 Å². The summed E-state index contributed by atoms with van der Waals surface area (Å²) in [5.74, 6) is -2.79. The SMILES string of the molecule is Fc1c(-c2cncc(CN3CCC(F)(F)C3)c2)ncc2[nH]nc(-c3nc4c(C5=CCC=C5)cccc4[nH]3)c12. The Bertz CT molecular complexity index is 1770. The zero-order valence-electron chi connectivity index (χ0n) is 20.2. The van der Waals surface area contributed by atoms with Crippen LogP contribution in [-0.4, -0.2) is 54.0 Å². The number of allylic oxidation sites excluding steroid dienone is 4. The average Bonchev–Trinajstić information content (AvgIpc) is 3.70. The molecule has 0 atom stereocenters. The molecule has 1 aromatic carbocycles. The third-order valence-corrected chi connectivity index (χ3v) is 7.09. The molecule has 4 aromatic heterocycles. The minimum Gasteiger partial charge on any atom is -0.337 e. The topological polar surface area (TPSA) is 86.4 Å². The Labute approximate surface area is 215 Å². The lowest BCUT2D eigenvalue weighted by atomic mass is 10.1. The zero-order chi connectivity index (χ0) is 25.9. The fraction of sp³-hybridized carbons (Fsp3) is 0.214. The number of likely N-dealkylation sites (tertiary alicyclic amines) is 1. The van der Waals surface area contributed by atoms with Crippen LogP contribution in [0.4, 0.5) is 13.2 Å². The fourth-order valence-electron chi connectivity index (χ4n) is 5.29.